The van der Waals surface area contributed by atoms with Gasteiger partial charge in [-0.05, 0) is 24.3 Å². The number of hydrogen-bond acceptors (Lipinski definition) is 4. The average molecular weight is 208 g/mol. The third-order valence-electron chi connectivity index (χ3n) is 2.19. The van der Waals surface area contributed by atoms with E-state index in [1.165, 1.54) is 12.5 Å². The highest BCUT2D eigenvalue weighted by Crippen LogP contribution is 2.26. The predicted molar refractivity (Wildman–Crippen MR) is 52.0 cm³/mol. The number of furan rings is 2. The first-order valence-electron chi connectivity index (χ1n) is 4.70. The molecule has 4 nitrogen and oxygen atoms in total. The summed E-state index contributed by atoms with van der Waals surface area (Å²) < 4.78 is 10.0. The fraction of sp³-hybridized carbons (Fsp3) is 0.273. The van der Waals surface area contributed by atoms with Crippen LogP contribution in [0.1, 0.15) is 30.1 Å². The van der Waals surface area contributed by atoms with E-state index in [0.29, 0.717) is 11.5 Å². The van der Waals surface area contributed by atoms with Gasteiger partial charge in [0.2, 0.25) is 0 Å². The third-order valence-corrected chi connectivity index (χ3v) is 2.19. The van der Waals surface area contributed by atoms with E-state index in [2.05, 4.69) is 0 Å². The minimum atomic E-state index is -0.819. The Morgan fingerprint density at radius 1 is 0.933 bits per heavy atom. The highest BCUT2D eigenvalue weighted by Gasteiger charge is 2.18. The molecular formula is C11H12O4. The van der Waals surface area contributed by atoms with E-state index in [1.807, 2.05) is 0 Å². The number of hydrogen-bond donors (Lipinski definition) is 2. The number of aliphatic hydroxyl groups excluding tert-OH is 2. The predicted octanol–water partition coefficient (Wildman–Crippen LogP) is 2.03. The van der Waals surface area contributed by atoms with Gasteiger partial charge in [0.15, 0.2) is 0 Å². The van der Waals surface area contributed by atoms with Gasteiger partial charge in [-0.25, -0.2) is 0 Å². The molecule has 0 spiro atoms. The van der Waals surface area contributed by atoms with Gasteiger partial charge in [-0.3, -0.25) is 0 Å². The molecule has 2 heterocycles. The third kappa shape index (κ3) is 2.29. The van der Waals surface area contributed by atoms with E-state index >= 15 is 0 Å². The Morgan fingerprint density at radius 2 is 1.40 bits per heavy atom. The normalized spacial score (nSPS) is 15.1. The fourth-order valence-electron chi connectivity index (χ4n) is 1.41. The fourth-order valence-corrected chi connectivity index (χ4v) is 1.41. The van der Waals surface area contributed by atoms with Gasteiger partial charge in [0.05, 0.1) is 12.5 Å². The van der Waals surface area contributed by atoms with Crippen molar-refractivity contribution in [1.82, 2.24) is 0 Å². The lowest BCUT2D eigenvalue weighted by Gasteiger charge is -2.11. The van der Waals surface area contributed by atoms with Crippen molar-refractivity contribution in [2.45, 2.75) is 18.6 Å². The van der Waals surface area contributed by atoms with Crippen LogP contribution in [0.3, 0.4) is 0 Å². The van der Waals surface area contributed by atoms with Crippen LogP contribution < -0.4 is 0 Å². The summed E-state index contributed by atoms with van der Waals surface area (Å²) in [7, 11) is 0. The van der Waals surface area contributed by atoms with Crippen LogP contribution in [0.5, 0.6) is 0 Å². The second kappa shape index (κ2) is 4.33. The molecule has 2 N–H and O–H groups in total. The Labute approximate surface area is 86.8 Å². The zero-order valence-electron chi connectivity index (χ0n) is 8.04. The van der Waals surface area contributed by atoms with Crippen molar-refractivity contribution in [1.29, 1.82) is 0 Å². The van der Waals surface area contributed by atoms with Crippen LogP contribution in [-0.2, 0) is 0 Å². The minimum absolute atomic E-state index is 0.154. The lowest BCUT2D eigenvalue weighted by molar-refractivity contribution is 0.0558. The van der Waals surface area contributed by atoms with E-state index < -0.39 is 12.2 Å². The highest BCUT2D eigenvalue weighted by molar-refractivity contribution is 5.06. The molecule has 0 saturated carbocycles. The molecule has 80 valence electrons. The van der Waals surface area contributed by atoms with E-state index in [0.717, 1.165) is 0 Å². The summed E-state index contributed by atoms with van der Waals surface area (Å²) in [6.07, 6.45) is 1.48. The summed E-state index contributed by atoms with van der Waals surface area (Å²) in [4.78, 5) is 0. The molecule has 0 aromatic carbocycles. The molecule has 0 amide bonds. The van der Waals surface area contributed by atoms with Crippen molar-refractivity contribution in [2.75, 3.05) is 0 Å². The first-order chi connectivity index (χ1) is 7.27. The Balaban J connectivity index is 1.98. The summed E-state index contributed by atoms with van der Waals surface area (Å²) in [6.45, 7) is 0. The zero-order chi connectivity index (χ0) is 10.7. The van der Waals surface area contributed by atoms with Gasteiger partial charge < -0.3 is 19.0 Å². The SMILES string of the molecule is O[C@@H](C[C@H](O)c1ccco1)c1ccco1. The molecule has 15 heavy (non-hydrogen) atoms. The van der Waals surface area contributed by atoms with Crippen molar-refractivity contribution in [3.05, 3.63) is 48.3 Å². The van der Waals surface area contributed by atoms with Gasteiger partial charge in [0.1, 0.15) is 23.7 Å². The van der Waals surface area contributed by atoms with Crippen LogP contribution in [0, 0.1) is 0 Å². The van der Waals surface area contributed by atoms with Gasteiger partial charge in [-0.15, -0.1) is 0 Å². The summed E-state index contributed by atoms with van der Waals surface area (Å²) in [5, 5.41) is 19.4. The van der Waals surface area contributed by atoms with Crippen molar-refractivity contribution in [3.8, 4) is 0 Å². The lowest BCUT2D eigenvalue weighted by atomic mass is 10.1. The smallest absolute Gasteiger partial charge is 0.132 e. The van der Waals surface area contributed by atoms with Crippen molar-refractivity contribution < 1.29 is 19.0 Å². The summed E-state index contributed by atoms with van der Waals surface area (Å²) >= 11 is 0. The summed E-state index contributed by atoms with van der Waals surface area (Å²) in [5.74, 6) is 0.890. The maximum absolute atomic E-state index is 9.68. The molecule has 2 aromatic heterocycles. The van der Waals surface area contributed by atoms with Gasteiger partial charge in [0.25, 0.3) is 0 Å². The Bertz CT molecular complexity index is 338. The quantitative estimate of drug-likeness (QED) is 0.806. The second-order valence-electron chi connectivity index (χ2n) is 3.30. The van der Waals surface area contributed by atoms with Gasteiger partial charge in [-0.1, -0.05) is 0 Å². The van der Waals surface area contributed by atoms with E-state index in [-0.39, 0.29) is 6.42 Å². The van der Waals surface area contributed by atoms with Crippen molar-refractivity contribution >= 4 is 0 Å². The molecule has 2 atom stereocenters. The minimum Gasteiger partial charge on any atom is -0.467 e. The number of rotatable bonds is 4. The second-order valence-corrected chi connectivity index (χ2v) is 3.30. The van der Waals surface area contributed by atoms with Crippen LogP contribution in [0.2, 0.25) is 0 Å². The molecule has 0 aliphatic rings. The Kier molecular flexibility index (Phi) is 2.89. The molecule has 0 aliphatic carbocycles. The molecule has 2 aromatic rings. The molecule has 0 fully saturated rings. The molecule has 0 unspecified atom stereocenters. The van der Waals surface area contributed by atoms with Crippen LogP contribution in [0.4, 0.5) is 0 Å². The van der Waals surface area contributed by atoms with Gasteiger partial charge >= 0.3 is 0 Å². The largest absolute Gasteiger partial charge is 0.467 e. The van der Waals surface area contributed by atoms with Crippen LogP contribution in [0.15, 0.2) is 45.6 Å². The zero-order valence-corrected chi connectivity index (χ0v) is 8.04. The maximum atomic E-state index is 9.68. The average Bonchev–Trinajstić information content (AvgIpc) is 2.91. The van der Waals surface area contributed by atoms with Crippen molar-refractivity contribution in [3.63, 3.8) is 0 Å². The first kappa shape index (κ1) is 10.0. The van der Waals surface area contributed by atoms with Crippen LogP contribution in [0.25, 0.3) is 0 Å². The summed E-state index contributed by atoms with van der Waals surface area (Å²) in [5.41, 5.74) is 0. The van der Waals surface area contributed by atoms with Crippen LogP contribution in [-0.4, -0.2) is 10.2 Å². The summed E-state index contributed by atoms with van der Waals surface area (Å²) in [6, 6.07) is 6.72. The molecule has 0 aliphatic heterocycles. The molecule has 0 saturated heterocycles. The van der Waals surface area contributed by atoms with E-state index in [9.17, 15) is 10.2 Å². The molecule has 4 heteroatoms. The first-order valence-corrected chi connectivity index (χ1v) is 4.70. The molecule has 0 radical (unpaired) electrons. The Morgan fingerprint density at radius 3 is 1.73 bits per heavy atom. The molecular weight excluding hydrogens is 196 g/mol. The van der Waals surface area contributed by atoms with Gasteiger partial charge in [-0.2, -0.15) is 0 Å². The standard InChI is InChI=1S/C11H12O4/c12-8(10-3-1-5-14-10)7-9(13)11-4-2-6-15-11/h1-6,8-9,12-13H,7H2/t8-,9-/m0/s1. The Hall–Kier alpha value is -1.52. The monoisotopic (exact) mass is 208 g/mol. The van der Waals surface area contributed by atoms with Gasteiger partial charge in [0, 0.05) is 6.42 Å². The molecule has 2 rings (SSSR count). The highest BCUT2D eigenvalue weighted by atomic mass is 16.4. The molecule has 0 bridgehead atoms. The van der Waals surface area contributed by atoms with E-state index in [1.54, 1.807) is 24.3 Å². The lowest BCUT2D eigenvalue weighted by Crippen LogP contribution is -2.04. The maximum Gasteiger partial charge on any atom is 0.132 e. The number of aliphatic hydroxyl groups is 2. The van der Waals surface area contributed by atoms with Crippen LogP contribution >= 0.6 is 0 Å². The topological polar surface area (TPSA) is 66.7 Å². The van der Waals surface area contributed by atoms with E-state index in [4.69, 9.17) is 8.83 Å². The van der Waals surface area contributed by atoms with Crippen molar-refractivity contribution in [2.24, 2.45) is 0 Å².